The van der Waals surface area contributed by atoms with E-state index in [1.807, 2.05) is 36.4 Å². The third-order valence-corrected chi connectivity index (χ3v) is 5.53. The maximum Gasteiger partial charge on any atom is 0.224 e. The number of aryl methyl sites for hydroxylation is 2. The molecule has 1 heterocycles. The molecule has 5 heteroatoms. The highest BCUT2D eigenvalue weighted by Crippen LogP contribution is 2.27. The molecule has 1 aliphatic carbocycles. The van der Waals surface area contributed by atoms with Crippen LogP contribution in [-0.4, -0.2) is 38.0 Å². The number of carbonyl (C=O) groups is 2. The van der Waals surface area contributed by atoms with Crippen molar-refractivity contribution in [3.63, 3.8) is 0 Å². The Kier molecular flexibility index (Phi) is 5.72. The van der Waals surface area contributed by atoms with Crippen LogP contribution in [0.2, 0.25) is 0 Å². The number of nitrogens with zero attached hydrogens (tertiary/aromatic N) is 1. The summed E-state index contributed by atoms with van der Waals surface area (Å²) >= 11 is 0. The molecule has 0 spiro atoms. The number of amides is 1. The van der Waals surface area contributed by atoms with Gasteiger partial charge in [0, 0.05) is 31.5 Å². The number of fused-ring (bicyclic) bond motifs is 1. The van der Waals surface area contributed by atoms with Gasteiger partial charge in [-0.15, -0.1) is 0 Å². The van der Waals surface area contributed by atoms with E-state index in [2.05, 4.69) is 16.3 Å². The molecule has 0 bridgehead atoms. The van der Waals surface area contributed by atoms with Gasteiger partial charge in [0.1, 0.15) is 0 Å². The first-order valence-corrected chi connectivity index (χ1v) is 10.1. The van der Waals surface area contributed by atoms with Crippen LogP contribution in [0.15, 0.2) is 42.5 Å². The second-order valence-corrected chi connectivity index (χ2v) is 7.42. The van der Waals surface area contributed by atoms with Crippen LogP contribution in [-0.2, 0) is 22.4 Å². The molecule has 0 aromatic heterocycles. The van der Waals surface area contributed by atoms with Gasteiger partial charge in [-0.25, -0.2) is 0 Å². The van der Waals surface area contributed by atoms with Gasteiger partial charge >= 0.3 is 0 Å². The number of hydrogen-bond donors (Lipinski definition) is 1. The number of hydrogen-bond acceptors (Lipinski definition) is 4. The van der Waals surface area contributed by atoms with Crippen LogP contribution in [0.25, 0.3) is 0 Å². The number of anilines is 2. The second kappa shape index (κ2) is 8.57. The van der Waals surface area contributed by atoms with Crippen LogP contribution in [0.3, 0.4) is 0 Å². The number of rotatable bonds is 6. The zero-order chi connectivity index (χ0) is 19.3. The highest BCUT2D eigenvalue weighted by atomic mass is 16.5. The lowest BCUT2D eigenvalue weighted by Gasteiger charge is -2.30. The van der Waals surface area contributed by atoms with Crippen LogP contribution in [0.1, 0.15) is 40.7 Å². The molecule has 146 valence electrons. The van der Waals surface area contributed by atoms with Gasteiger partial charge in [-0.3, -0.25) is 9.59 Å². The van der Waals surface area contributed by atoms with Crippen LogP contribution < -0.4 is 10.2 Å². The van der Waals surface area contributed by atoms with Crippen molar-refractivity contribution < 1.29 is 14.3 Å². The number of nitrogens with one attached hydrogen (secondary N) is 1. The minimum absolute atomic E-state index is 0.0336. The topological polar surface area (TPSA) is 58.6 Å². The van der Waals surface area contributed by atoms with Crippen LogP contribution >= 0.6 is 0 Å². The van der Waals surface area contributed by atoms with Gasteiger partial charge in [-0.2, -0.15) is 0 Å². The van der Waals surface area contributed by atoms with Crippen molar-refractivity contribution in [3.8, 4) is 0 Å². The lowest BCUT2D eigenvalue weighted by atomic mass is 10.0. The van der Waals surface area contributed by atoms with Crippen LogP contribution in [0, 0.1) is 0 Å². The maximum absolute atomic E-state index is 12.5. The molecule has 1 saturated heterocycles. The van der Waals surface area contributed by atoms with Crippen molar-refractivity contribution in [2.75, 3.05) is 36.5 Å². The van der Waals surface area contributed by atoms with E-state index in [0.717, 1.165) is 49.3 Å². The van der Waals surface area contributed by atoms with Crippen molar-refractivity contribution in [3.05, 3.63) is 59.2 Å². The molecule has 1 fully saturated rings. The highest BCUT2D eigenvalue weighted by Gasteiger charge is 2.17. The quantitative estimate of drug-likeness (QED) is 0.780. The molecule has 28 heavy (non-hydrogen) atoms. The van der Waals surface area contributed by atoms with Crippen LogP contribution in [0.4, 0.5) is 11.4 Å². The Labute approximate surface area is 165 Å². The summed E-state index contributed by atoms with van der Waals surface area (Å²) in [6.45, 7) is 3.00. The summed E-state index contributed by atoms with van der Waals surface area (Å²) in [4.78, 5) is 27.2. The standard InChI is InChI=1S/C23H26N2O3/c26-22(19-9-8-17-4-3-5-18(17)16-19)10-11-23(27)24-20-6-1-2-7-21(20)25-12-14-28-15-13-25/h1-2,6-9,16H,3-5,10-15H2,(H,24,27). The van der Waals surface area contributed by atoms with E-state index in [0.29, 0.717) is 13.2 Å². The van der Waals surface area contributed by atoms with E-state index in [9.17, 15) is 9.59 Å². The third-order valence-electron chi connectivity index (χ3n) is 5.53. The Balaban J connectivity index is 1.35. The lowest BCUT2D eigenvalue weighted by molar-refractivity contribution is -0.116. The number of Topliss-reactive ketones (excluding diaryl/α,β-unsaturated/α-hetero) is 1. The zero-order valence-corrected chi connectivity index (χ0v) is 16.1. The zero-order valence-electron chi connectivity index (χ0n) is 16.1. The Morgan fingerprint density at radius 2 is 1.75 bits per heavy atom. The molecule has 0 unspecified atom stereocenters. The molecule has 5 nitrogen and oxygen atoms in total. The molecule has 2 aliphatic rings. The SMILES string of the molecule is O=C(CCC(=O)c1ccc2c(c1)CCC2)Nc1ccccc1N1CCOCC1. The average molecular weight is 378 g/mol. The summed E-state index contributed by atoms with van der Waals surface area (Å²) < 4.78 is 5.41. The van der Waals surface area contributed by atoms with E-state index in [-0.39, 0.29) is 24.5 Å². The Morgan fingerprint density at radius 1 is 0.964 bits per heavy atom. The number of ketones is 1. The number of carbonyl (C=O) groups excluding carboxylic acids is 2. The second-order valence-electron chi connectivity index (χ2n) is 7.42. The normalized spacial score (nSPS) is 15.9. The van der Waals surface area contributed by atoms with Crippen molar-refractivity contribution in [1.82, 2.24) is 0 Å². The predicted molar refractivity (Wildman–Crippen MR) is 110 cm³/mol. The fourth-order valence-electron chi connectivity index (χ4n) is 3.99. The number of morpholine rings is 1. The summed E-state index contributed by atoms with van der Waals surface area (Å²) in [5.74, 6) is -0.0958. The van der Waals surface area contributed by atoms with Gasteiger partial charge in [0.15, 0.2) is 5.78 Å². The van der Waals surface area contributed by atoms with E-state index >= 15 is 0 Å². The first kappa shape index (κ1) is 18.7. The Morgan fingerprint density at radius 3 is 2.61 bits per heavy atom. The summed E-state index contributed by atoms with van der Waals surface area (Å²) in [5.41, 5.74) is 5.16. The van der Waals surface area contributed by atoms with E-state index in [1.54, 1.807) is 0 Å². The molecule has 1 N–H and O–H groups in total. The van der Waals surface area contributed by atoms with Gasteiger partial charge in [0.2, 0.25) is 5.91 Å². The minimum atomic E-state index is -0.129. The fraction of sp³-hybridized carbons (Fsp3) is 0.391. The molecule has 1 aliphatic heterocycles. The lowest BCUT2D eigenvalue weighted by Crippen LogP contribution is -2.36. The van der Waals surface area contributed by atoms with Crippen molar-refractivity contribution >= 4 is 23.1 Å². The molecule has 0 saturated carbocycles. The smallest absolute Gasteiger partial charge is 0.224 e. The molecule has 0 atom stereocenters. The molecule has 2 aromatic carbocycles. The predicted octanol–water partition coefficient (Wildman–Crippen LogP) is 3.61. The van der Waals surface area contributed by atoms with E-state index < -0.39 is 0 Å². The molecular weight excluding hydrogens is 352 g/mol. The summed E-state index contributed by atoms with van der Waals surface area (Å²) in [7, 11) is 0. The van der Waals surface area contributed by atoms with Crippen molar-refractivity contribution in [1.29, 1.82) is 0 Å². The van der Waals surface area contributed by atoms with E-state index in [4.69, 9.17) is 4.74 Å². The number of para-hydroxylation sites is 2. The molecule has 0 radical (unpaired) electrons. The molecule has 2 aromatic rings. The summed E-state index contributed by atoms with van der Waals surface area (Å²) in [6.07, 6.45) is 3.74. The first-order chi connectivity index (χ1) is 13.7. The van der Waals surface area contributed by atoms with Gasteiger partial charge < -0.3 is 15.0 Å². The van der Waals surface area contributed by atoms with Gasteiger partial charge in [-0.05, 0) is 48.6 Å². The molecule has 4 rings (SSSR count). The van der Waals surface area contributed by atoms with Crippen LogP contribution in [0.5, 0.6) is 0 Å². The molecule has 1 amide bonds. The highest BCUT2D eigenvalue weighted by molar-refractivity contribution is 6.01. The monoisotopic (exact) mass is 378 g/mol. The Hall–Kier alpha value is -2.66. The first-order valence-electron chi connectivity index (χ1n) is 10.1. The van der Waals surface area contributed by atoms with Gasteiger partial charge in [-0.1, -0.05) is 24.3 Å². The number of ether oxygens (including phenoxy) is 1. The summed E-state index contributed by atoms with van der Waals surface area (Å²) in [5, 5.41) is 2.98. The largest absolute Gasteiger partial charge is 0.378 e. The van der Waals surface area contributed by atoms with Gasteiger partial charge in [0.05, 0.1) is 24.6 Å². The summed E-state index contributed by atoms with van der Waals surface area (Å²) in [6, 6.07) is 13.8. The minimum Gasteiger partial charge on any atom is -0.378 e. The van der Waals surface area contributed by atoms with E-state index in [1.165, 1.54) is 11.1 Å². The average Bonchev–Trinajstić information content (AvgIpc) is 3.21. The maximum atomic E-state index is 12.5. The number of benzene rings is 2. The molecular formula is C23H26N2O3. The van der Waals surface area contributed by atoms with Crippen molar-refractivity contribution in [2.45, 2.75) is 32.1 Å². The van der Waals surface area contributed by atoms with Crippen molar-refractivity contribution in [2.24, 2.45) is 0 Å². The fourth-order valence-corrected chi connectivity index (χ4v) is 3.99. The Bertz CT molecular complexity index is 872. The van der Waals surface area contributed by atoms with Gasteiger partial charge in [0.25, 0.3) is 0 Å². The third kappa shape index (κ3) is 4.25.